The monoisotopic (exact) mass is 464 g/mol. The molecule has 170 valence electrons. The number of aromatic nitrogens is 2. The summed E-state index contributed by atoms with van der Waals surface area (Å²) in [5.74, 6) is 3.05. The fraction of sp³-hybridized carbons (Fsp3) is 0.292. The Morgan fingerprint density at radius 1 is 1.18 bits per heavy atom. The number of nitrogens with one attached hydrogen (secondary N) is 1. The molecule has 0 radical (unpaired) electrons. The second-order valence-electron chi connectivity index (χ2n) is 7.80. The third-order valence-corrected chi connectivity index (χ3v) is 6.10. The molecule has 0 amide bonds. The number of ether oxygens (including phenoxy) is 3. The Kier molecular flexibility index (Phi) is 5.63. The number of benzene rings is 2. The first kappa shape index (κ1) is 21.3. The Morgan fingerprint density at radius 3 is 2.85 bits per heavy atom. The summed E-state index contributed by atoms with van der Waals surface area (Å²) >= 11 is 5.70. The zero-order valence-corrected chi connectivity index (χ0v) is 19.4. The van der Waals surface area contributed by atoms with Crippen LogP contribution in [0.25, 0.3) is 17.0 Å². The maximum Gasteiger partial charge on any atom is 0.258 e. The second kappa shape index (κ2) is 8.74. The van der Waals surface area contributed by atoms with Crippen molar-refractivity contribution in [3.63, 3.8) is 0 Å². The van der Waals surface area contributed by atoms with E-state index in [1.165, 1.54) is 0 Å². The molecule has 8 nitrogen and oxygen atoms in total. The van der Waals surface area contributed by atoms with Gasteiger partial charge in [-0.2, -0.15) is 4.98 Å². The molecule has 2 aliphatic rings. The smallest absolute Gasteiger partial charge is 0.258 e. The topological polar surface area (TPSA) is 81.9 Å². The van der Waals surface area contributed by atoms with Crippen LogP contribution in [0.1, 0.15) is 37.8 Å². The summed E-state index contributed by atoms with van der Waals surface area (Å²) in [5, 5.41) is 8.38. The highest BCUT2D eigenvalue weighted by Gasteiger charge is 2.34. The molecule has 1 unspecified atom stereocenters. The van der Waals surface area contributed by atoms with E-state index in [4.69, 9.17) is 35.9 Å². The number of nitrogens with zero attached hydrogens (tertiary/aromatic N) is 3. The van der Waals surface area contributed by atoms with E-state index in [0.29, 0.717) is 28.3 Å². The summed E-state index contributed by atoms with van der Waals surface area (Å²) in [5.41, 5.74) is 3.64. The Hall–Kier alpha value is -3.59. The predicted molar refractivity (Wildman–Crippen MR) is 127 cm³/mol. The van der Waals surface area contributed by atoms with Crippen LogP contribution < -0.4 is 19.5 Å². The standard InChI is InChI=1S/C24H24N4O4S/c1-4-10-28-14(2)20(21(25-24(28)33)15-6-5-7-17(11-15)29-3)23-26-22(27-32-23)16-8-9-18-19(12-16)31-13-30-18/h5-9,11-12,21H,4,10,13H2,1-3H3,(H,25,33). The quantitative estimate of drug-likeness (QED) is 0.529. The molecule has 0 saturated heterocycles. The summed E-state index contributed by atoms with van der Waals surface area (Å²) in [6.07, 6.45) is 0.947. The van der Waals surface area contributed by atoms with Gasteiger partial charge < -0.3 is 29.0 Å². The summed E-state index contributed by atoms with van der Waals surface area (Å²) < 4.78 is 22.1. The lowest BCUT2D eigenvalue weighted by molar-refractivity contribution is 0.174. The van der Waals surface area contributed by atoms with Crippen molar-refractivity contribution in [2.24, 2.45) is 0 Å². The van der Waals surface area contributed by atoms with Gasteiger partial charge in [-0.3, -0.25) is 0 Å². The van der Waals surface area contributed by atoms with Crippen LogP contribution in [0.3, 0.4) is 0 Å². The normalized spacial score (nSPS) is 17.4. The first-order chi connectivity index (χ1) is 16.1. The van der Waals surface area contributed by atoms with Crippen LogP contribution in [0, 0.1) is 0 Å². The molecule has 0 bridgehead atoms. The van der Waals surface area contributed by atoms with Gasteiger partial charge in [-0.25, -0.2) is 0 Å². The molecule has 0 saturated carbocycles. The third kappa shape index (κ3) is 3.89. The van der Waals surface area contributed by atoms with E-state index < -0.39 is 0 Å². The van der Waals surface area contributed by atoms with Gasteiger partial charge in [0.15, 0.2) is 16.6 Å². The van der Waals surface area contributed by atoms with Crippen LogP contribution in [-0.4, -0.2) is 40.6 Å². The molecule has 3 heterocycles. The first-order valence-electron chi connectivity index (χ1n) is 10.8. The number of hydrogen-bond acceptors (Lipinski definition) is 7. The fourth-order valence-corrected chi connectivity index (χ4v) is 4.45. The largest absolute Gasteiger partial charge is 0.497 e. The Labute approximate surface area is 197 Å². The van der Waals surface area contributed by atoms with E-state index in [1.54, 1.807) is 7.11 Å². The van der Waals surface area contributed by atoms with Gasteiger partial charge in [-0.05, 0) is 61.5 Å². The molecule has 0 fully saturated rings. The van der Waals surface area contributed by atoms with Gasteiger partial charge in [0.1, 0.15) is 5.75 Å². The molecular weight excluding hydrogens is 440 g/mol. The third-order valence-electron chi connectivity index (χ3n) is 5.76. The van der Waals surface area contributed by atoms with Gasteiger partial charge in [-0.1, -0.05) is 24.2 Å². The van der Waals surface area contributed by atoms with Crippen molar-refractivity contribution in [2.75, 3.05) is 20.4 Å². The molecule has 3 aromatic rings. The number of hydrogen-bond donors (Lipinski definition) is 1. The molecule has 33 heavy (non-hydrogen) atoms. The van der Waals surface area contributed by atoms with E-state index in [0.717, 1.165) is 41.1 Å². The maximum absolute atomic E-state index is 5.79. The van der Waals surface area contributed by atoms with Crippen LogP contribution in [0.2, 0.25) is 0 Å². The minimum absolute atomic E-state index is 0.212. The van der Waals surface area contributed by atoms with Crippen molar-refractivity contribution >= 4 is 22.9 Å². The molecule has 2 aliphatic heterocycles. The van der Waals surface area contributed by atoms with Crippen molar-refractivity contribution in [1.29, 1.82) is 0 Å². The lowest BCUT2D eigenvalue weighted by Crippen LogP contribution is -2.46. The Bertz CT molecular complexity index is 1240. The van der Waals surface area contributed by atoms with E-state index in [9.17, 15) is 0 Å². The number of fused-ring (bicyclic) bond motifs is 1. The molecule has 1 N–H and O–H groups in total. The van der Waals surface area contributed by atoms with Crippen LogP contribution >= 0.6 is 12.2 Å². The van der Waals surface area contributed by atoms with Crippen LogP contribution in [0.4, 0.5) is 0 Å². The molecule has 0 aliphatic carbocycles. The average Bonchev–Trinajstić information content (AvgIpc) is 3.50. The van der Waals surface area contributed by atoms with Gasteiger partial charge in [0.25, 0.3) is 5.89 Å². The van der Waals surface area contributed by atoms with Crippen molar-refractivity contribution in [3.05, 3.63) is 59.6 Å². The molecular formula is C24H24N4O4S. The lowest BCUT2D eigenvalue weighted by atomic mass is 9.94. The van der Waals surface area contributed by atoms with Crippen molar-refractivity contribution in [2.45, 2.75) is 26.3 Å². The number of methoxy groups -OCH3 is 1. The molecule has 9 heteroatoms. The zero-order valence-electron chi connectivity index (χ0n) is 18.6. The van der Waals surface area contributed by atoms with Crippen molar-refractivity contribution in [3.8, 4) is 28.6 Å². The van der Waals surface area contributed by atoms with E-state index in [1.807, 2.05) is 49.4 Å². The number of rotatable bonds is 6. The summed E-state index contributed by atoms with van der Waals surface area (Å²) in [7, 11) is 1.65. The minimum atomic E-state index is -0.259. The first-order valence-corrected chi connectivity index (χ1v) is 11.2. The zero-order chi connectivity index (χ0) is 22.9. The van der Waals surface area contributed by atoms with Gasteiger partial charge in [0.2, 0.25) is 12.6 Å². The maximum atomic E-state index is 5.79. The van der Waals surface area contributed by atoms with E-state index in [2.05, 4.69) is 22.3 Å². The SMILES string of the molecule is CCCN1C(=S)NC(c2cccc(OC)c2)C(c2nc(-c3ccc4c(c3)OCO4)no2)=C1C. The van der Waals surface area contributed by atoms with Crippen molar-refractivity contribution < 1.29 is 18.7 Å². The Balaban J connectivity index is 1.58. The number of thiocarbonyl (C=S) groups is 1. The van der Waals surface area contributed by atoms with E-state index >= 15 is 0 Å². The molecule has 0 spiro atoms. The Morgan fingerprint density at radius 2 is 2.03 bits per heavy atom. The fourth-order valence-electron chi connectivity index (χ4n) is 4.11. The van der Waals surface area contributed by atoms with Crippen LogP contribution in [0.5, 0.6) is 17.2 Å². The predicted octanol–water partition coefficient (Wildman–Crippen LogP) is 4.55. The second-order valence-corrected chi connectivity index (χ2v) is 8.19. The van der Waals surface area contributed by atoms with Crippen LogP contribution in [0.15, 0.2) is 52.7 Å². The summed E-state index contributed by atoms with van der Waals surface area (Å²) in [6, 6.07) is 13.2. The highest BCUT2D eigenvalue weighted by molar-refractivity contribution is 7.80. The molecule has 1 atom stereocenters. The molecule has 5 rings (SSSR count). The van der Waals surface area contributed by atoms with Gasteiger partial charge in [-0.15, -0.1) is 0 Å². The molecule has 2 aromatic carbocycles. The summed E-state index contributed by atoms with van der Waals surface area (Å²) in [6.45, 7) is 5.16. The summed E-state index contributed by atoms with van der Waals surface area (Å²) in [4.78, 5) is 6.82. The van der Waals surface area contributed by atoms with Gasteiger partial charge in [0, 0.05) is 17.8 Å². The highest BCUT2D eigenvalue weighted by atomic mass is 32.1. The lowest BCUT2D eigenvalue weighted by Gasteiger charge is -2.37. The van der Waals surface area contributed by atoms with Crippen molar-refractivity contribution in [1.82, 2.24) is 20.4 Å². The average molecular weight is 465 g/mol. The van der Waals surface area contributed by atoms with E-state index in [-0.39, 0.29) is 12.8 Å². The van der Waals surface area contributed by atoms with Gasteiger partial charge >= 0.3 is 0 Å². The molecule has 1 aromatic heterocycles. The number of allylic oxidation sites excluding steroid dienone is 1. The van der Waals surface area contributed by atoms with Crippen LogP contribution in [-0.2, 0) is 0 Å². The highest BCUT2D eigenvalue weighted by Crippen LogP contribution is 2.39. The van der Waals surface area contributed by atoms with Gasteiger partial charge in [0.05, 0.1) is 18.7 Å². The minimum Gasteiger partial charge on any atom is -0.497 e.